The molecule has 0 amide bonds. The fourth-order valence-corrected chi connectivity index (χ4v) is 2.85. The summed E-state index contributed by atoms with van der Waals surface area (Å²) in [6, 6.07) is 0. The number of hydrogen-bond donors (Lipinski definition) is 7. The molecule has 0 unspecified atom stereocenters. The molecular formula is C11H15N5O6S. The minimum atomic E-state index is -1.59. The number of nitrogens with two attached hydrogens (primary N) is 1. The van der Waals surface area contributed by atoms with Gasteiger partial charge in [-0.25, -0.2) is 0 Å². The molecule has 12 heteroatoms. The van der Waals surface area contributed by atoms with E-state index in [4.69, 9.17) is 22.7 Å². The number of anilines is 1. The third kappa shape index (κ3) is 2.45. The van der Waals surface area contributed by atoms with Crippen LogP contribution < -0.4 is 11.3 Å². The van der Waals surface area contributed by atoms with Crippen LogP contribution in [-0.4, -0.2) is 71.0 Å². The van der Waals surface area contributed by atoms with Crippen LogP contribution in [0.2, 0.25) is 0 Å². The largest absolute Gasteiger partial charge is 0.394 e. The van der Waals surface area contributed by atoms with Crippen LogP contribution in [0.25, 0.3) is 11.2 Å². The number of imidazole rings is 1. The van der Waals surface area contributed by atoms with Gasteiger partial charge in [-0.05, 0) is 12.2 Å². The Labute approximate surface area is 133 Å². The van der Waals surface area contributed by atoms with Crippen molar-refractivity contribution >= 4 is 29.3 Å². The molecule has 8 N–H and O–H groups in total. The smallest absolute Gasteiger partial charge is 0.278 e. The van der Waals surface area contributed by atoms with E-state index >= 15 is 0 Å². The number of aliphatic hydroxyl groups is 4. The molecule has 2 aromatic rings. The molecule has 1 fully saturated rings. The van der Waals surface area contributed by atoms with Crippen molar-refractivity contribution in [2.24, 2.45) is 0 Å². The Morgan fingerprint density at radius 1 is 1.26 bits per heavy atom. The maximum absolute atomic E-state index is 11.9. The zero-order valence-corrected chi connectivity index (χ0v) is 12.4. The summed E-state index contributed by atoms with van der Waals surface area (Å²) in [5, 5.41) is 39.1. The maximum atomic E-state index is 11.9. The SMILES string of the molecule is Nc1nc2c([nH]c(=S)n2[C@@H]2O[C@H](CO)[C@@H](O)[C@H](O)[C@H]2O)c(=O)[nH]1. The molecule has 1 aliphatic heterocycles. The third-order valence-corrected chi connectivity index (χ3v) is 4.02. The Morgan fingerprint density at radius 2 is 1.96 bits per heavy atom. The summed E-state index contributed by atoms with van der Waals surface area (Å²) < 4.78 is 6.58. The number of fused-ring (bicyclic) bond motifs is 1. The van der Waals surface area contributed by atoms with Gasteiger partial charge in [-0.15, -0.1) is 0 Å². The van der Waals surface area contributed by atoms with Crippen molar-refractivity contribution in [2.75, 3.05) is 12.3 Å². The van der Waals surface area contributed by atoms with E-state index in [1.165, 1.54) is 4.57 Å². The van der Waals surface area contributed by atoms with E-state index in [1.807, 2.05) is 0 Å². The van der Waals surface area contributed by atoms with Crippen LogP contribution in [-0.2, 0) is 4.74 Å². The first-order valence-corrected chi connectivity index (χ1v) is 7.06. The number of aromatic amines is 2. The molecule has 0 aromatic carbocycles. The number of rotatable bonds is 2. The molecule has 3 heterocycles. The van der Waals surface area contributed by atoms with E-state index in [0.29, 0.717) is 0 Å². The highest BCUT2D eigenvalue weighted by atomic mass is 32.1. The van der Waals surface area contributed by atoms with Crippen molar-refractivity contribution in [1.82, 2.24) is 19.5 Å². The minimum Gasteiger partial charge on any atom is -0.394 e. The first-order valence-electron chi connectivity index (χ1n) is 6.65. The molecule has 0 aliphatic carbocycles. The van der Waals surface area contributed by atoms with E-state index in [9.17, 15) is 25.2 Å². The number of ether oxygens (including phenoxy) is 1. The van der Waals surface area contributed by atoms with Gasteiger partial charge >= 0.3 is 0 Å². The highest BCUT2D eigenvalue weighted by Gasteiger charge is 2.45. The summed E-state index contributed by atoms with van der Waals surface area (Å²) in [5.74, 6) is -0.171. The summed E-state index contributed by atoms with van der Waals surface area (Å²) in [6.45, 7) is -0.590. The van der Waals surface area contributed by atoms with Gasteiger partial charge in [0.15, 0.2) is 22.2 Å². The van der Waals surface area contributed by atoms with Gasteiger partial charge in [0.25, 0.3) is 5.56 Å². The molecule has 2 aromatic heterocycles. The lowest BCUT2D eigenvalue weighted by molar-refractivity contribution is -0.250. The zero-order chi connectivity index (χ0) is 16.9. The molecule has 1 aliphatic rings. The number of H-pyrrole nitrogens is 2. The number of nitrogen functional groups attached to an aromatic ring is 1. The third-order valence-electron chi connectivity index (χ3n) is 3.72. The molecule has 0 radical (unpaired) electrons. The quantitative estimate of drug-likeness (QED) is 0.285. The number of aliphatic hydroxyl groups excluding tert-OH is 4. The van der Waals surface area contributed by atoms with Crippen molar-refractivity contribution in [1.29, 1.82) is 0 Å². The first-order chi connectivity index (χ1) is 10.8. The summed E-state index contributed by atoms with van der Waals surface area (Å²) in [4.78, 5) is 20.7. The molecule has 1 saturated heterocycles. The monoisotopic (exact) mass is 345 g/mol. The second-order valence-electron chi connectivity index (χ2n) is 5.17. The zero-order valence-electron chi connectivity index (χ0n) is 11.6. The Hall–Kier alpha value is -1.83. The minimum absolute atomic E-state index is 0.00655. The fourth-order valence-electron chi connectivity index (χ4n) is 2.56. The van der Waals surface area contributed by atoms with E-state index in [2.05, 4.69) is 15.0 Å². The van der Waals surface area contributed by atoms with E-state index < -0.39 is 42.8 Å². The summed E-state index contributed by atoms with van der Waals surface area (Å²) in [7, 11) is 0. The van der Waals surface area contributed by atoms with Crippen molar-refractivity contribution < 1.29 is 25.2 Å². The van der Waals surface area contributed by atoms with Crippen molar-refractivity contribution in [2.45, 2.75) is 30.6 Å². The molecule has 3 rings (SSSR count). The topological polar surface area (TPSA) is 183 Å². The Balaban J connectivity index is 2.18. The average Bonchev–Trinajstić information content (AvgIpc) is 2.82. The second-order valence-corrected chi connectivity index (χ2v) is 5.56. The molecule has 0 bridgehead atoms. The van der Waals surface area contributed by atoms with Gasteiger partial charge in [0.2, 0.25) is 5.95 Å². The van der Waals surface area contributed by atoms with Gasteiger partial charge < -0.3 is 35.9 Å². The first kappa shape index (κ1) is 16.0. The molecule has 0 spiro atoms. The lowest BCUT2D eigenvalue weighted by atomic mass is 9.98. The average molecular weight is 345 g/mol. The summed E-state index contributed by atoms with van der Waals surface area (Å²) in [6.07, 6.45) is -7.06. The Kier molecular flexibility index (Phi) is 3.95. The van der Waals surface area contributed by atoms with E-state index in [-0.39, 0.29) is 21.9 Å². The number of hydrogen-bond acceptors (Lipinski definition) is 9. The molecule has 5 atom stereocenters. The Bertz CT molecular complexity index is 844. The molecule has 126 valence electrons. The van der Waals surface area contributed by atoms with Gasteiger partial charge in [-0.1, -0.05) is 0 Å². The van der Waals surface area contributed by atoms with Crippen LogP contribution in [0.5, 0.6) is 0 Å². The van der Waals surface area contributed by atoms with Crippen LogP contribution in [0.15, 0.2) is 4.79 Å². The van der Waals surface area contributed by atoms with Gasteiger partial charge in [0.05, 0.1) is 6.61 Å². The molecule has 11 nitrogen and oxygen atoms in total. The molecular weight excluding hydrogens is 330 g/mol. The van der Waals surface area contributed by atoms with Crippen molar-refractivity contribution in [3.05, 3.63) is 15.1 Å². The van der Waals surface area contributed by atoms with Gasteiger partial charge in [0, 0.05) is 0 Å². The normalized spacial score (nSPS) is 31.6. The predicted molar refractivity (Wildman–Crippen MR) is 79.0 cm³/mol. The van der Waals surface area contributed by atoms with Crippen molar-refractivity contribution in [3.8, 4) is 0 Å². The number of aromatic nitrogens is 4. The highest BCUT2D eigenvalue weighted by molar-refractivity contribution is 7.71. The predicted octanol–water partition coefficient (Wildman–Crippen LogP) is -2.66. The standard InChI is InChI=1S/C11H15N5O6S/c12-10-14-7-3(8(21)15-10)13-11(23)16(7)9-6(20)5(19)4(18)2(1-17)22-9/h2,4-6,9,17-20H,1H2,(H,13,23)(H3,12,14,15,21)/t2-,4-,5+,6-,9-/m1/s1. The second kappa shape index (κ2) is 5.67. The highest BCUT2D eigenvalue weighted by Crippen LogP contribution is 2.30. The van der Waals surface area contributed by atoms with Crippen LogP contribution in [0.4, 0.5) is 5.95 Å². The molecule has 0 saturated carbocycles. The molecule has 23 heavy (non-hydrogen) atoms. The maximum Gasteiger partial charge on any atom is 0.278 e. The summed E-state index contributed by atoms with van der Waals surface area (Å²) >= 11 is 5.11. The van der Waals surface area contributed by atoms with E-state index in [1.54, 1.807) is 0 Å². The fraction of sp³-hybridized carbons (Fsp3) is 0.545. The van der Waals surface area contributed by atoms with E-state index in [0.717, 1.165) is 0 Å². The number of nitrogens with zero attached hydrogens (tertiary/aromatic N) is 2. The van der Waals surface area contributed by atoms with Gasteiger partial charge in [0.1, 0.15) is 24.4 Å². The van der Waals surface area contributed by atoms with Crippen LogP contribution in [0, 0.1) is 4.77 Å². The van der Waals surface area contributed by atoms with Gasteiger partial charge in [-0.3, -0.25) is 14.3 Å². The van der Waals surface area contributed by atoms with Crippen molar-refractivity contribution in [3.63, 3.8) is 0 Å². The lowest BCUT2D eigenvalue weighted by Crippen LogP contribution is -2.56. The number of nitrogens with one attached hydrogen (secondary N) is 2. The van der Waals surface area contributed by atoms with Crippen LogP contribution >= 0.6 is 12.2 Å². The summed E-state index contributed by atoms with van der Waals surface area (Å²) in [5.41, 5.74) is 4.97. The van der Waals surface area contributed by atoms with Gasteiger partial charge in [-0.2, -0.15) is 4.98 Å². The van der Waals surface area contributed by atoms with Crippen LogP contribution in [0.3, 0.4) is 0 Å². The lowest BCUT2D eigenvalue weighted by Gasteiger charge is -2.40. The van der Waals surface area contributed by atoms with Crippen LogP contribution in [0.1, 0.15) is 6.23 Å². The Morgan fingerprint density at radius 3 is 2.61 bits per heavy atom.